The maximum Gasteiger partial charge on any atom is 0.311 e. The van der Waals surface area contributed by atoms with E-state index >= 15 is 0 Å². The minimum atomic E-state index is -0.668. The van der Waals surface area contributed by atoms with Gasteiger partial charge in [-0.2, -0.15) is 0 Å². The van der Waals surface area contributed by atoms with Gasteiger partial charge in [0.05, 0.1) is 16.8 Å². The summed E-state index contributed by atoms with van der Waals surface area (Å²) in [6.07, 6.45) is -0.0179. The number of aromatic amines is 1. The van der Waals surface area contributed by atoms with Gasteiger partial charge in [-0.05, 0) is 36.8 Å². The van der Waals surface area contributed by atoms with E-state index in [0.29, 0.717) is 22.2 Å². The molecule has 0 aliphatic carbocycles. The number of ether oxygens (including phenoxy) is 1. The van der Waals surface area contributed by atoms with Crippen LogP contribution in [0.1, 0.15) is 17.8 Å². The second-order valence-electron chi connectivity index (χ2n) is 6.98. The van der Waals surface area contributed by atoms with E-state index in [-0.39, 0.29) is 36.9 Å². The van der Waals surface area contributed by atoms with Crippen LogP contribution in [-0.2, 0) is 20.9 Å². The molecular formula is C21H18FN3O4. The minimum Gasteiger partial charge on any atom is -0.457 e. The van der Waals surface area contributed by atoms with Crippen molar-refractivity contribution in [2.24, 2.45) is 5.92 Å². The Hall–Kier alpha value is -3.55. The molecule has 1 atom stereocenters. The highest BCUT2D eigenvalue weighted by Crippen LogP contribution is 2.27. The summed E-state index contributed by atoms with van der Waals surface area (Å²) in [6.45, 7) is 1.54. The van der Waals surface area contributed by atoms with Crippen molar-refractivity contribution in [3.63, 3.8) is 0 Å². The Labute approximate surface area is 165 Å². The maximum atomic E-state index is 13.8. The molecule has 148 valence electrons. The van der Waals surface area contributed by atoms with Crippen LogP contribution in [0.5, 0.6) is 0 Å². The summed E-state index contributed by atoms with van der Waals surface area (Å²) >= 11 is 0. The van der Waals surface area contributed by atoms with Crippen molar-refractivity contribution in [3.8, 4) is 0 Å². The number of hydrogen-bond donors (Lipinski definition) is 1. The Kier molecular flexibility index (Phi) is 4.84. The molecule has 8 heteroatoms. The zero-order valence-electron chi connectivity index (χ0n) is 15.6. The highest BCUT2D eigenvalue weighted by atomic mass is 19.1. The van der Waals surface area contributed by atoms with Gasteiger partial charge in [0.15, 0.2) is 0 Å². The molecule has 1 fully saturated rings. The highest BCUT2D eigenvalue weighted by Gasteiger charge is 2.36. The van der Waals surface area contributed by atoms with Gasteiger partial charge in [0.1, 0.15) is 18.2 Å². The Morgan fingerprint density at radius 2 is 2.07 bits per heavy atom. The van der Waals surface area contributed by atoms with Crippen LogP contribution in [0.4, 0.5) is 10.1 Å². The predicted octanol–water partition coefficient (Wildman–Crippen LogP) is 2.47. The van der Waals surface area contributed by atoms with Crippen molar-refractivity contribution in [1.82, 2.24) is 9.97 Å². The first-order valence-electron chi connectivity index (χ1n) is 9.13. The van der Waals surface area contributed by atoms with E-state index in [9.17, 15) is 18.8 Å². The molecule has 1 aliphatic heterocycles. The molecule has 1 aliphatic rings. The van der Waals surface area contributed by atoms with Crippen LogP contribution in [0.15, 0.2) is 47.3 Å². The molecule has 0 radical (unpaired) electrons. The molecule has 1 N–H and O–H groups in total. The van der Waals surface area contributed by atoms with Gasteiger partial charge in [0.25, 0.3) is 5.56 Å². The number of amides is 1. The SMILES string of the molecule is Cc1ccc(N2CC(C(=O)OCc3nc4ccccc4c(=O)[nH]3)CC2=O)cc1F. The van der Waals surface area contributed by atoms with Crippen LogP contribution < -0.4 is 10.5 Å². The van der Waals surface area contributed by atoms with Crippen LogP contribution >= 0.6 is 0 Å². The third-order valence-electron chi connectivity index (χ3n) is 4.94. The number of aryl methyl sites for hydroxylation is 1. The normalized spacial score (nSPS) is 16.4. The number of hydrogen-bond acceptors (Lipinski definition) is 5. The molecule has 2 aromatic carbocycles. The average Bonchev–Trinajstić information content (AvgIpc) is 3.10. The van der Waals surface area contributed by atoms with E-state index in [4.69, 9.17) is 4.74 Å². The standard InChI is InChI=1S/C21H18FN3O4/c1-12-6-7-14(9-16(12)22)25-10-13(8-19(25)26)21(28)29-11-18-23-17-5-3-2-4-15(17)20(27)24-18/h2-7,9,13H,8,10-11H2,1H3,(H,23,24,27). The van der Waals surface area contributed by atoms with E-state index < -0.39 is 17.7 Å². The van der Waals surface area contributed by atoms with Crippen molar-refractivity contribution in [3.05, 3.63) is 70.0 Å². The summed E-state index contributed by atoms with van der Waals surface area (Å²) in [5.74, 6) is -1.69. The summed E-state index contributed by atoms with van der Waals surface area (Å²) in [5, 5.41) is 0.449. The van der Waals surface area contributed by atoms with Gasteiger partial charge in [-0.1, -0.05) is 18.2 Å². The molecule has 0 spiro atoms. The second kappa shape index (κ2) is 7.46. The number of para-hydroxylation sites is 1. The highest BCUT2D eigenvalue weighted by molar-refractivity contribution is 5.99. The number of nitrogens with zero attached hydrogens (tertiary/aromatic N) is 2. The molecule has 4 rings (SSSR count). The zero-order valence-corrected chi connectivity index (χ0v) is 15.6. The number of rotatable bonds is 4. The fourth-order valence-corrected chi connectivity index (χ4v) is 3.33. The number of anilines is 1. The summed E-state index contributed by atoms with van der Waals surface area (Å²) < 4.78 is 19.1. The maximum absolute atomic E-state index is 13.8. The lowest BCUT2D eigenvalue weighted by Crippen LogP contribution is -2.26. The number of esters is 1. The molecule has 29 heavy (non-hydrogen) atoms. The molecule has 1 unspecified atom stereocenters. The van der Waals surface area contributed by atoms with Crippen molar-refractivity contribution in [1.29, 1.82) is 0 Å². The molecule has 0 bridgehead atoms. The second-order valence-corrected chi connectivity index (χ2v) is 6.98. The number of aromatic nitrogens is 2. The first-order chi connectivity index (χ1) is 13.9. The van der Waals surface area contributed by atoms with Gasteiger partial charge in [0.2, 0.25) is 5.91 Å². The Balaban J connectivity index is 1.43. The Morgan fingerprint density at radius 3 is 2.86 bits per heavy atom. The van der Waals surface area contributed by atoms with Gasteiger partial charge >= 0.3 is 5.97 Å². The van der Waals surface area contributed by atoms with Crippen molar-refractivity contribution in [2.45, 2.75) is 20.0 Å². The number of carbonyl (C=O) groups is 2. The monoisotopic (exact) mass is 395 g/mol. The number of nitrogens with one attached hydrogen (secondary N) is 1. The molecule has 1 aromatic heterocycles. The first-order valence-corrected chi connectivity index (χ1v) is 9.13. The van der Waals surface area contributed by atoms with Crippen LogP contribution in [0.3, 0.4) is 0 Å². The molecule has 2 heterocycles. The minimum absolute atomic E-state index is 0.0179. The van der Waals surface area contributed by atoms with Crippen LogP contribution in [0.2, 0.25) is 0 Å². The number of fused-ring (bicyclic) bond motifs is 1. The van der Waals surface area contributed by atoms with Crippen LogP contribution in [0.25, 0.3) is 10.9 Å². The third kappa shape index (κ3) is 3.73. The largest absolute Gasteiger partial charge is 0.457 e. The molecule has 1 saturated heterocycles. The Morgan fingerprint density at radius 1 is 1.28 bits per heavy atom. The molecular weight excluding hydrogens is 377 g/mol. The number of H-pyrrole nitrogens is 1. The van der Waals surface area contributed by atoms with Crippen LogP contribution in [0, 0.1) is 18.7 Å². The lowest BCUT2D eigenvalue weighted by molar-refractivity contribution is -0.149. The van der Waals surface area contributed by atoms with E-state index in [0.717, 1.165) is 0 Å². The van der Waals surface area contributed by atoms with Gasteiger partial charge < -0.3 is 14.6 Å². The van der Waals surface area contributed by atoms with Crippen molar-refractivity contribution < 1.29 is 18.7 Å². The van der Waals surface area contributed by atoms with Gasteiger partial charge in [0, 0.05) is 18.7 Å². The quantitative estimate of drug-likeness (QED) is 0.685. The lowest BCUT2D eigenvalue weighted by Gasteiger charge is -2.17. The fraction of sp³-hybridized carbons (Fsp3) is 0.238. The molecule has 7 nitrogen and oxygen atoms in total. The third-order valence-corrected chi connectivity index (χ3v) is 4.94. The smallest absolute Gasteiger partial charge is 0.311 e. The van der Waals surface area contributed by atoms with Gasteiger partial charge in [-0.15, -0.1) is 0 Å². The van der Waals surface area contributed by atoms with Crippen molar-refractivity contribution >= 4 is 28.5 Å². The topological polar surface area (TPSA) is 92.4 Å². The fourth-order valence-electron chi connectivity index (χ4n) is 3.33. The van der Waals surface area contributed by atoms with Gasteiger partial charge in [-0.3, -0.25) is 14.4 Å². The van der Waals surface area contributed by atoms with E-state index in [1.165, 1.54) is 11.0 Å². The zero-order chi connectivity index (χ0) is 20.5. The number of benzene rings is 2. The molecule has 3 aromatic rings. The number of halogens is 1. The van der Waals surface area contributed by atoms with Gasteiger partial charge in [-0.25, -0.2) is 9.37 Å². The average molecular weight is 395 g/mol. The van der Waals surface area contributed by atoms with E-state index in [1.54, 1.807) is 43.3 Å². The molecule has 0 saturated carbocycles. The summed E-state index contributed by atoms with van der Waals surface area (Å²) in [6, 6.07) is 11.4. The summed E-state index contributed by atoms with van der Waals surface area (Å²) in [5.41, 5.74) is 1.08. The summed E-state index contributed by atoms with van der Waals surface area (Å²) in [7, 11) is 0. The molecule has 1 amide bonds. The van der Waals surface area contributed by atoms with E-state index in [1.807, 2.05) is 0 Å². The summed E-state index contributed by atoms with van der Waals surface area (Å²) in [4.78, 5) is 45.0. The predicted molar refractivity (Wildman–Crippen MR) is 104 cm³/mol. The van der Waals surface area contributed by atoms with Crippen molar-refractivity contribution in [2.75, 3.05) is 11.4 Å². The number of carbonyl (C=O) groups excluding carboxylic acids is 2. The van der Waals surface area contributed by atoms with Crippen LogP contribution in [-0.4, -0.2) is 28.4 Å². The Bertz CT molecular complexity index is 1170. The van der Waals surface area contributed by atoms with E-state index in [2.05, 4.69) is 9.97 Å². The first kappa shape index (κ1) is 18.8. The lowest BCUT2D eigenvalue weighted by atomic mass is 10.1.